The van der Waals surface area contributed by atoms with Gasteiger partial charge in [0.2, 0.25) is 0 Å². The van der Waals surface area contributed by atoms with Gasteiger partial charge in [-0.1, -0.05) is 35.6 Å². The van der Waals surface area contributed by atoms with Crippen LogP contribution in [0.25, 0.3) is 0 Å². The van der Waals surface area contributed by atoms with Crippen LogP contribution in [0, 0.1) is 0 Å². The van der Waals surface area contributed by atoms with Gasteiger partial charge in [0.25, 0.3) is 11.8 Å². The number of anilines is 1. The molecule has 1 aromatic heterocycles. The molecule has 0 saturated carbocycles. The summed E-state index contributed by atoms with van der Waals surface area (Å²) < 4.78 is 5.16. The largest absolute Gasteiger partial charge is 0.497 e. The molecule has 0 bridgehead atoms. The number of carbonyl (C=O) groups is 2. The normalized spacial score (nSPS) is 13.0. The molecular formula is C21H19N3O3S. The number of carbonyl (C=O) groups excluding carboxylic acids is 2. The number of ether oxygens (including phenoxy) is 1. The smallest absolute Gasteiger partial charge is 0.257 e. The molecule has 0 saturated heterocycles. The van der Waals surface area contributed by atoms with Crippen molar-refractivity contribution in [1.29, 1.82) is 0 Å². The van der Waals surface area contributed by atoms with Crippen LogP contribution in [0.5, 0.6) is 5.75 Å². The van der Waals surface area contributed by atoms with Gasteiger partial charge in [-0.2, -0.15) is 0 Å². The maximum Gasteiger partial charge on any atom is 0.257 e. The predicted molar refractivity (Wildman–Crippen MR) is 108 cm³/mol. The highest BCUT2D eigenvalue weighted by Gasteiger charge is 2.25. The Labute approximate surface area is 166 Å². The Kier molecular flexibility index (Phi) is 5.08. The molecule has 1 aliphatic heterocycles. The predicted octanol–water partition coefficient (Wildman–Crippen LogP) is 3.60. The van der Waals surface area contributed by atoms with Crippen molar-refractivity contribution in [3.63, 3.8) is 0 Å². The molecular weight excluding hydrogens is 374 g/mol. The van der Waals surface area contributed by atoms with Crippen molar-refractivity contribution in [2.45, 2.75) is 13.0 Å². The number of fused-ring (bicyclic) bond motifs is 1. The van der Waals surface area contributed by atoms with Crippen molar-refractivity contribution in [2.24, 2.45) is 0 Å². The molecule has 0 unspecified atom stereocenters. The first-order valence-corrected chi connectivity index (χ1v) is 9.74. The zero-order valence-corrected chi connectivity index (χ0v) is 16.2. The van der Waals surface area contributed by atoms with Crippen LogP contribution in [0.2, 0.25) is 0 Å². The number of nitrogens with one attached hydrogen (secondary N) is 1. The van der Waals surface area contributed by atoms with E-state index in [4.69, 9.17) is 4.74 Å². The lowest BCUT2D eigenvalue weighted by Crippen LogP contribution is -2.35. The monoisotopic (exact) mass is 393 g/mol. The van der Waals surface area contributed by atoms with Crippen LogP contribution in [0.3, 0.4) is 0 Å². The minimum Gasteiger partial charge on any atom is -0.497 e. The van der Waals surface area contributed by atoms with E-state index in [1.807, 2.05) is 35.2 Å². The van der Waals surface area contributed by atoms with E-state index in [-0.39, 0.29) is 11.8 Å². The number of nitrogens with zero attached hydrogens (tertiary/aromatic N) is 2. The number of amides is 2. The summed E-state index contributed by atoms with van der Waals surface area (Å²) in [4.78, 5) is 32.5. The minimum absolute atomic E-state index is 0.0154. The number of rotatable bonds is 4. The number of thiazole rings is 1. The van der Waals surface area contributed by atoms with E-state index in [0.29, 0.717) is 41.5 Å². The number of hydrogen-bond donors (Lipinski definition) is 1. The first-order valence-electron chi connectivity index (χ1n) is 8.92. The highest BCUT2D eigenvalue weighted by molar-refractivity contribution is 7.15. The van der Waals surface area contributed by atoms with Crippen LogP contribution >= 0.6 is 11.3 Å². The molecule has 3 aromatic rings. The summed E-state index contributed by atoms with van der Waals surface area (Å²) in [5.74, 6) is 0.407. The second-order valence-corrected chi connectivity index (χ2v) is 7.50. The Hall–Kier alpha value is -3.19. The maximum absolute atomic E-state index is 12.7. The molecule has 2 aromatic carbocycles. The van der Waals surface area contributed by atoms with Crippen molar-refractivity contribution in [1.82, 2.24) is 9.88 Å². The fourth-order valence-electron chi connectivity index (χ4n) is 3.12. The van der Waals surface area contributed by atoms with Crippen LogP contribution < -0.4 is 10.1 Å². The summed E-state index contributed by atoms with van der Waals surface area (Å²) in [6, 6.07) is 16.2. The molecule has 2 heterocycles. The van der Waals surface area contributed by atoms with E-state index in [1.165, 1.54) is 11.3 Å². The van der Waals surface area contributed by atoms with E-state index in [0.717, 1.165) is 10.6 Å². The van der Waals surface area contributed by atoms with Gasteiger partial charge >= 0.3 is 0 Å². The maximum atomic E-state index is 12.7. The minimum atomic E-state index is -0.234. The van der Waals surface area contributed by atoms with Crippen molar-refractivity contribution in [2.75, 3.05) is 19.0 Å². The summed E-state index contributed by atoms with van der Waals surface area (Å²) in [6.07, 6.45) is 0.680. The molecule has 0 atom stereocenters. The lowest BCUT2D eigenvalue weighted by molar-refractivity contribution is 0.0736. The first-order chi connectivity index (χ1) is 13.6. The Balaban J connectivity index is 1.46. The lowest BCUT2D eigenvalue weighted by Gasteiger charge is -2.26. The molecule has 142 valence electrons. The quantitative estimate of drug-likeness (QED) is 0.735. The Bertz CT molecular complexity index is 1020. The summed E-state index contributed by atoms with van der Waals surface area (Å²) in [5.41, 5.74) is 2.14. The highest BCUT2D eigenvalue weighted by atomic mass is 32.1. The molecule has 1 aliphatic rings. The first kappa shape index (κ1) is 18.2. The van der Waals surface area contributed by atoms with E-state index in [1.54, 1.807) is 31.4 Å². The Morgan fingerprint density at radius 1 is 1.11 bits per heavy atom. The van der Waals surface area contributed by atoms with Gasteiger partial charge in [-0.3, -0.25) is 14.9 Å². The average Bonchev–Trinajstić information content (AvgIpc) is 3.15. The van der Waals surface area contributed by atoms with Crippen molar-refractivity contribution in [3.05, 3.63) is 76.3 Å². The van der Waals surface area contributed by atoms with Gasteiger partial charge in [-0.25, -0.2) is 4.98 Å². The SMILES string of the molecule is COc1cccc(C(=O)Nc2nc3c(s2)CN(C(=O)c2ccccc2)CC3)c1. The second kappa shape index (κ2) is 7.82. The van der Waals surface area contributed by atoms with Gasteiger partial charge in [-0.15, -0.1) is 0 Å². The van der Waals surface area contributed by atoms with Crippen molar-refractivity contribution in [3.8, 4) is 5.75 Å². The van der Waals surface area contributed by atoms with Crippen LogP contribution in [-0.2, 0) is 13.0 Å². The lowest BCUT2D eigenvalue weighted by atomic mass is 10.1. The van der Waals surface area contributed by atoms with E-state index in [9.17, 15) is 9.59 Å². The highest BCUT2D eigenvalue weighted by Crippen LogP contribution is 2.29. The molecule has 0 fully saturated rings. The van der Waals surface area contributed by atoms with Gasteiger partial charge in [0, 0.05) is 29.0 Å². The Morgan fingerprint density at radius 3 is 2.68 bits per heavy atom. The van der Waals surface area contributed by atoms with Crippen LogP contribution in [0.4, 0.5) is 5.13 Å². The molecule has 6 nitrogen and oxygen atoms in total. The third-order valence-electron chi connectivity index (χ3n) is 4.59. The average molecular weight is 393 g/mol. The third-order valence-corrected chi connectivity index (χ3v) is 5.59. The molecule has 0 spiro atoms. The topological polar surface area (TPSA) is 71.5 Å². The Morgan fingerprint density at radius 2 is 1.89 bits per heavy atom. The van der Waals surface area contributed by atoms with E-state index >= 15 is 0 Å². The fourth-order valence-corrected chi connectivity index (χ4v) is 4.14. The molecule has 0 radical (unpaired) electrons. The van der Waals surface area contributed by atoms with Gasteiger partial charge < -0.3 is 9.64 Å². The van der Waals surface area contributed by atoms with E-state index in [2.05, 4.69) is 10.3 Å². The van der Waals surface area contributed by atoms with Crippen molar-refractivity contribution < 1.29 is 14.3 Å². The number of hydrogen-bond acceptors (Lipinski definition) is 5. The van der Waals surface area contributed by atoms with Crippen LogP contribution in [0.1, 0.15) is 31.3 Å². The molecule has 0 aliphatic carbocycles. The summed E-state index contributed by atoms with van der Waals surface area (Å²) in [6.45, 7) is 1.13. The second-order valence-electron chi connectivity index (χ2n) is 6.42. The van der Waals surface area contributed by atoms with Crippen LogP contribution in [-0.4, -0.2) is 35.4 Å². The van der Waals surface area contributed by atoms with E-state index < -0.39 is 0 Å². The van der Waals surface area contributed by atoms with Gasteiger partial charge in [0.05, 0.1) is 19.3 Å². The zero-order chi connectivity index (χ0) is 19.5. The third kappa shape index (κ3) is 3.75. The zero-order valence-electron chi connectivity index (χ0n) is 15.3. The molecule has 1 N–H and O–H groups in total. The summed E-state index contributed by atoms with van der Waals surface area (Å²) in [5, 5.41) is 3.40. The van der Waals surface area contributed by atoms with Gasteiger partial charge in [-0.05, 0) is 30.3 Å². The van der Waals surface area contributed by atoms with Gasteiger partial charge in [0.1, 0.15) is 5.75 Å². The fraction of sp³-hybridized carbons (Fsp3) is 0.190. The van der Waals surface area contributed by atoms with Crippen molar-refractivity contribution >= 4 is 28.3 Å². The van der Waals surface area contributed by atoms with Crippen LogP contribution in [0.15, 0.2) is 54.6 Å². The number of aromatic nitrogens is 1. The summed E-state index contributed by atoms with van der Waals surface area (Å²) >= 11 is 1.42. The molecule has 2 amide bonds. The summed E-state index contributed by atoms with van der Waals surface area (Å²) in [7, 11) is 1.56. The molecule has 7 heteroatoms. The molecule has 28 heavy (non-hydrogen) atoms. The number of benzene rings is 2. The standard InChI is InChI=1S/C21H19N3O3S/c1-27-16-9-5-8-15(12-16)19(25)23-21-22-17-10-11-24(13-18(17)28-21)20(26)14-6-3-2-4-7-14/h2-9,12H,10-11,13H2,1H3,(H,22,23,25). The number of methoxy groups -OCH3 is 1. The molecule has 4 rings (SSSR count). The van der Waals surface area contributed by atoms with Gasteiger partial charge in [0.15, 0.2) is 5.13 Å².